The van der Waals surface area contributed by atoms with E-state index in [0.717, 1.165) is 24.1 Å². The van der Waals surface area contributed by atoms with Crippen molar-refractivity contribution in [3.05, 3.63) is 58.9 Å². The zero-order valence-corrected chi connectivity index (χ0v) is 12.3. The van der Waals surface area contributed by atoms with Crippen LogP contribution in [0.15, 0.2) is 47.4 Å². The Labute approximate surface area is 122 Å². The van der Waals surface area contributed by atoms with Crippen LogP contribution < -0.4 is 4.72 Å². The van der Waals surface area contributed by atoms with Gasteiger partial charge in [0.2, 0.25) is 0 Å². The molecule has 2 aromatic rings. The Bertz CT molecular complexity index is 714. The molecule has 0 aromatic heterocycles. The highest BCUT2D eigenvalue weighted by Crippen LogP contribution is 2.25. The third-order valence-corrected chi connectivity index (χ3v) is 4.51. The molecule has 0 aliphatic rings. The molecular formula is C14H13ClFNO2S. The summed E-state index contributed by atoms with van der Waals surface area (Å²) in [5, 5.41) is 0.0127. The van der Waals surface area contributed by atoms with Crippen molar-refractivity contribution in [2.75, 3.05) is 4.72 Å². The van der Waals surface area contributed by atoms with Gasteiger partial charge in [0.25, 0.3) is 10.0 Å². The SMILES string of the molecule is CCc1ccc(S(=O)(=O)Nc2ccc(F)cc2Cl)cc1. The van der Waals surface area contributed by atoms with Crippen molar-refractivity contribution < 1.29 is 12.8 Å². The fourth-order valence-electron chi connectivity index (χ4n) is 1.68. The van der Waals surface area contributed by atoms with Crippen LogP contribution in [0.25, 0.3) is 0 Å². The lowest BCUT2D eigenvalue weighted by atomic mass is 10.2. The Morgan fingerprint density at radius 3 is 2.35 bits per heavy atom. The van der Waals surface area contributed by atoms with Crippen LogP contribution in [-0.4, -0.2) is 8.42 Å². The standard InChI is InChI=1S/C14H13ClFNO2S/c1-2-10-3-6-12(7-4-10)20(18,19)17-14-8-5-11(16)9-13(14)15/h3-9,17H,2H2,1H3. The Morgan fingerprint density at radius 1 is 1.15 bits per heavy atom. The molecular weight excluding hydrogens is 301 g/mol. The number of anilines is 1. The van der Waals surface area contributed by atoms with Gasteiger partial charge in [-0.3, -0.25) is 4.72 Å². The molecule has 3 nitrogen and oxygen atoms in total. The average molecular weight is 314 g/mol. The quantitative estimate of drug-likeness (QED) is 0.932. The number of sulfonamides is 1. The van der Waals surface area contributed by atoms with E-state index < -0.39 is 15.8 Å². The Kier molecular flexibility index (Phi) is 4.30. The Morgan fingerprint density at radius 2 is 1.80 bits per heavy atom. The van der Waals surface area contributed by atoms with Crippen LogP contribution in [0.3, 0.4) is 0 Å². The number of benzene rings is 2. The molecule has 106 valence electrons. The van der Waals surface area contributed by atoms with Gasteiger partial charge in [-0.2, -0.15) is 0 Å². The van der Waals surface area contributed by atoms with Gasteiger partial charge in [-0.05, 0) is 42.3 Å². The van der Waals surface area contributed by atoms with Crippen molar-refractivity contribution in [1.29, 1.82) is 0 Å². The number of hydrogen-bond donors (Lipinski definition) is 1. The lowest BCUT2D eigenvalue weighted by Gasteiger charge is -2.10. The molecule has 2 aromatic carbocycles. The summed E-state index contributed by atoms with van der Waals surface area (Å²) in [6, 6.07) is 10.0. The van der Waals surface area contributed by atoms with E-state index in [1.165, 1.54) is 18.2 Å². The summed E-state index contributed by atoms with van der Waals surface area (Å²) in [6.45, 7) is 1.99. The Balaban J connectivity index is 2.30. The smallest absolute Gasteiger partial charge is 0.261 e. The van der Waals surface area contributed by atoms with E-state index in [9.17, 15) is 12.8 Å². The molecule has 0 amide bonds. The molecule has 1 N–H and O–H groups in total. The number of rotatable bonds is 4. The maximum atomic E-state index is 12.9. The van der Waals surface area contributed by atoms with Crippen LogP contribution in [0.5, 0.6) is 0 Å². The van der Waals surface area contributed by atoms with Crippen LogP contribution in [0.4, 0.5) is 10.1 Å². The second-order valence-electron chi connectivity index (χ2n) is 4.23. The first-order valence-corrected chi connectivity index (χ1v) is 7.85. The lowest BCUT2D eigenvalue weighted by molar-refractivity contribution is 0.601. The van der Waals surface area contributed by atoms with Gasteiger partial charge in [-0.25, -0.2) is 12.8 Å². The van der Waals surface area contributed by atoms with Crippen LogP contribution in [-0.2, 0) is 16.4 Å². The molecule has 6 heteroatoms. The molecule has 0 heterocycles. The van der Waals surface area contributed by atoms with Crippen molar-refractivity contribution >= 4 is 27.3 Å². The minimum absolute atomic E-state index is 0.0127. The number of nitrogens with one attached hydrogen (secondary N) is 1. The third kappa shape index (κ3) is 3.29. The highest BCUT2D eigenvalue weighted by Gasteiger charge is 2.15. The summed E-state index contributed by atoms with van der Waals surface area (Å²) < 4.78 is 39.6. The monoisotopic (exact) mass is 313 g/mol. The second kappa shape index (κ2) is 5.81. The topological polar surface area (TPSA) is 46.2 Å². The highest BCUT2D eigenvalue weighted by molar-refractivity contribution is 7.92. The van der Waals surface area contributed by atoms with Gasteiger partial charge in [-0.1, -0.05) is 30.7 Å². The van der Waals surface area contributed by atoms with Gasteiger partial charge < -0.3 is 0 Å². The van der Waals surface area contributed by atoms with Crippen LogP contribution >= 0.6 is 11.6 Å². The van der Waals surface area contributed by atoms with Crippen molar-refractivity contribution in [3.8, 4) is 0 Å². The maximum absolute atomic E-state index is 12.9. The molecule has 0 unspecified atom stereocenters. The van der Waals surface area contributed by atoms with Gasteiger partial charge in [0.05, 0.1) is 15.6 Å². The summed E-state index contributed by atoms with van der Waals surface area (Å²) >= 11 is 5.80. The number of hydrogen-bond acceptors (Lipinski definition) is 2. The van der Waals surface area contributed by atoms with Crippen molar-refractivity contribution in [3.63, 3.8) is 0 Å². The molecule has 0 radical (unpaired) electrons. The van der Waals surface area contributed by atoms with Gasteiger partial charge in [0, 0.05) is 0 Å². The second-order valence-corrected chi connectivity index (χ2v) is 6.32. The molecule has 0 aliphatic heterocycles. The van der Waals surface area contributed by atoms with Crippen molar-refractivity contribution in [2.24, 2.45) is 0 Å². The Hall–Kier alpha value is -1.59. The van der Waals surface area contributed by atoms with Gasteiger partial charge in [-0.15, -0.1) is 0 Å². The summed E-state index contributed by atoms with van der Waals surface area (Å²) in [6.07, 6.45) is 0.831. The summed E-state index contributed by atoms with van der Waals surface area (Å²) in [4.78, 5) is 0.134. The zero-order chi connectivity index (χ0) is 14.8. The largest absolute Gasteiger partial charge is 0.278 e. The molecule has 0 fully saturated rings. The van der Waals surface area contributed by atoms with Crippen LogP contribution in [0.2, 0.25) is 5.02 Å². The first-order chi connectivity index (χ1) is 9.42. The normalized spacial score (nSPS) is 11.3. The fraction of sp³-hybridized carbons (Fsp3) is 0.143. The van der Waals surface area contributed by atoms with E-state index in [2.05, 4.69) is 4.72 Å². The maximum Gasteiger partial charge on any atom is 0.261 e. The summed E-state index contributed by atoms with van der Waals surface area (Å²) in [7, 11) is -3.73. The van der Waals surface area contributed by atoms with Crippen molar-refractivity contribution in [2.45, 2.75) is 18.2 Å². The predicted octanol–water partition coefficient (Wildman–Crippen LogP) is 3.84. The minimum atomic E-state index is -3.73. The number of halogens is 2. The summed E-state index contributed by atoms with van der Waals surface area (Å²) in [5.74, 6) is -0.523. The van der Waals surface area contributed by atoms with Crippen molar-refractivity contribution in [1.82, 2.24) is 0 Å². The van der Waals surface area contributed by atoms with Gasteiger partial charge in [0.15, 0.2) is 0 Å². The molecule has 0 spiro atoms. The lowest BCUT2D eigenvalue weighted by Crippen LogP contribution is -2.13. The first kappa shape index (κ1) is 14.8. The van der Waals surface area contributed by atoms with Crippen LogP contribution in [0, 0.1) is 5.82 Å². The molecule has 0 saturated heterocycles. The van der Waals surface area contributed by atoms with E-state index in [4.69, 9.17) is 11.6 Å². The van der Waals surface area contributed by atoms with E-state index in [1.54, 1.807) is 12.1 Å². The third-order valence-electron chi connectivity index (χ3n) is 2.82. The molecule has 0 saturated carbocycles. The predicted molar refractivity (Wildman–Crippen MR) is 78.0 cm³/mol. The highest BCUT2D eigenvalue weighted by atomic mass is 35.5. The van der Waals surface area contributed by atoms with E-state index in [0.29, 0.717) is 0 Å². The first-order valence-electron chi connectivity index (χ1n) is 5.99. The minimum Gasteiger partial charge on any atom is -0.278 e. The molecule has 2 rings (SSSR count). The van der Waals surface area contributed by atoms with E-state index in [1.807, 2.05) is 6.92 Å². The van der Waals surface area contributed by atoms with E-state index in [-0.39, 0.29) is 15.6 Å². The number of aryl methyl sites for hydroxylation is 1. The van der Waals surface area contributed by atoms with Gasteiger partial charge in [0.1, 0.15) is 5.82 Å². The molecule has 0 bridgehead atoms. The summed E-state index contributed by atoms with van der Waals surface area (Å²) in [5.41, 5.74) is 1.19. The fourth-order valence-corrected chi connectivity index (χ4v) is 3.03. The zero-order valence-electron chi connectivity index (χ0n) is 10.7. The molecule has 0 atom stereocenters. The molecule has 20 heavy (non-hydrogen) atoms. The molecule has 0 aliphatic carbocycles. The van der Waals surface area contributed by atoms with Gasteiger partial charge >= 0.3 is 0 Å². The van der Waals surface area contributed by atoms with Crippen LogP contribution in [0.1, 0.15) is 12.5 Å². The van der Waals surface area contributed by atoms with E-state index >= 15 is 0 Å². The average Bonchev–Trinajstić information content (AvgIpc) is 2.42.